The lowest BCUT2D eigenvalue weighted by Gasteiger charge is -2.26. The number of likely N-dealkylation sites (tertiary alicyclic amines) is 1. The summed E-state index contributed by atoms with van der Waals surface area (Å²) in [6.07, 6.45) is 3.91. The predicted molar refractivity (Wildman–Crippen MR) is 125 cm³/mol. The van der Waals surface area contributed by atoms with Gasteiger partial charge in [-0.05, 0) is 74.0 Å². The number of nitrogens with one attached hydrogen (secondary N) is 2. The molecule has 2 aromatic heterocycles. The molecule has 0 amide bonds. The lowest BCUT2D eigenvalue weighted by Crippen LogP contribution is -2.28. The first-order valence-corrected chi connectivity index (χ1v) is 10.8. The van der Waals surface area contributed by atoms with Gasteiger partial charge in [0.2, 0.25) is 0 Å². The zero-order valence-corrected chi connectivity index (χ0v) is 17.4. The Kier molecular flexibility index (Phi) is 5.33. The molecule has 0 aliphatic carbocycles. The molecule has 0 spiro atoms. The van der Waals surface area contributed by atoms with Gasteiger partial charge in [-0.2, -0.15) is 0 Å². The minimum Gasteiger partial charge on any atom is -0.384 e. The van der Waals surface area contributed by atoms with Gasteiger partial charge in [-0.3, -0.25) is 9.69 Å². The summed E-state index contributed by atoms with van der Waals surface area (Å²) in [6.45, 7) is 3.15. The van der Waals surface area contributed by atoms with Gasteiger partial charge >= 0.3 is 0 Å². The fourth-order valence-electron chi connectivity index (χ4n) is 4.43. The molecule has 5 rings (SSSR count). The summed E-state index contributed by atoms with van der Waals surface area (Å²) < 4.78 is 0. The third-order valence-electron chi connectivity index (χ3n) is 5.99. The van der Waals surface area contributed by atoms with Crippen molar-refractivity contribution in [3.63, 3.8) is 0 Å². The molecule has 1 aliphatic heterocycles. The fraction of sp³-hybridized carbons (Fsp3) is 0.269. The summed E-state index contributed by atoms with van der Waals surface area (Å²) in [5.41, 5.74) is 5.19. The van der Waals surface area contributed by atoms with Crippen molar-refractivity contribution in [1.82, 2.24) is 14.9 Å². The number of aromatic amines is 2. The number of nitrogens with zero attached hydrogens (tertiary/aromatic N) is 1. The first-order valence-electron chi connectivity index (χ1n) is 10.8. The van der Waals surface area contributed by atoms with E-state index in [1.54, 1.807) is 0 Å². The van der Waals surface area contributed by atoms with E-state index in [0.717, 1.165) is 39.6 Å². The van der Waals surface area contributed by atoms with Crippen LogP contribution in [0, 0.1) is 11.8 Å². The van der Waals surface area contributed by atoms with Crippen LogP contribution in [-0.4, -0.2) is 39.7 Å². The third kappa shape index (κ3) is 4.13. The monoisotopic (exact) mass is 411 g/mol. The number of piperidine rings is 1. The van der Waals surface area contributed by atoms with E-state index in [9.17, 15) is 4.79 Å². The highest BCUT2D eigenvalue weighted by Gasteiger charge is 2.13. The average molecular weight is 412 g/mol. The molecule has 0 bridgehead atoms. The molecule has 1 aliphatic rings. The molecule has 5 heteroatoms. The van der Waals surface area contributed by atoms with Crippen molar-refractivity contribution in [3.05, 3.63) is 70.0 Å². The summed E-state index contributed by atoms with van der Waals surface area (Å²) in [5, 5.41) is 10.9. The standard InChI is InChI=1S/C26H25N3O2/c30-12-4-5-18-6-8-24-20(13-18)15-22(26(31)28-24)25-16-21-14-19(7-9-23(21)27-25)17-29-10-2-1-3-11-29/h6-9,13-16,27,30H,1-3,10-12,17H2,(H,28,31). The number of benzene rings is 2. The number of fused-ring (bicyclic) bond motifs is 2. The van der Waals surface area contributed by atoms with Crippen LogP contribution in [0.5, 0.6) is 0 Å². The lowest BCUT2D eigenvalue weighted by atomic mass is 10.1. The normalized spacial score (nSPS) is 14.6. The third-order valence-corrected chi connectivity index (χ3v) is 5.99. The first-order chi connectivity index (χ1) is 15.2. The Labute approximate surface area is 180 Å². The summed E-state index contributed by atoms with van der Waals surface area (Å²) in [7, 11) is 0. The van der Waals surface area contributed by atoms with Gasteiger partial charge in [-0.25, -0.2) is 0 Å². The van der Waals surface area contributed by atoms with Gasteiger partial charge in [0, 0.05) is 33.9 Å². The minimum absolute atomic E-state index is 0.123. The zero-order chi connectivity index (χ0) is 21.2. The highest BCUT2D eigenvalue weighted by molar-refractivity contribution is 5.89. The summed E-state index contributed by atoms with van der Waals surface area (Å²) >= 11 is 0. The van der Waals surface area contributed by atoms with E-state index >= 15 is 0 Å². The van der Waals surface area contributed by atoms with Crippen LogP contribution in [0.3, 0.4) is 0 Å². The number of aromatic nitrogens is 2. The van der Waals surface area contributed by atoms with Gasteiger partial charge in [0.05, 0.1) is 11.3 Å². The van der Waals surface area contributed by atoms with Crippen LogP contribution >= 0.6 is 0 Å². The Morgan fingerprint density at radius 3 is 2.52 bits per heavy atom. The van der Waals surface area contributed by atoms with Crippen LogP contribution in [0.1, 0.15) is 30.4 Å². The van der Waals surface area contributed by atoms with Crippen molar-refractivity contribution >= 4 is 21.8 Å². The number of hydrogen-bond donors (Lipinski definition) is 3. The largest absolute Gasteiger partial charge is 0.384 e. The maximum atomic E-state index is 12.8. The molecule has 31 heavy (non-hydrogen) atoms. The van der Waals surface area contributed by atoms with Crippen molar-refractivity contribution in [1.29, 1.82) is 0 Å². The molecule has 0 atom stereocenters. The van der Waals surface area contributed by atoms with E-state index in [1.165, 1.54) is 37.9 Å². The lowest BCUT2D eigenvalue weighted by molar-refractivity contribution is 0.221. The summed E-state index contributed by atoms with van der Waals surface area (Å²) in [4.78, 5) is 21.6. The topological polar surface area (TPSA) is 72.1 Å². The maximum absolute atomic E-state index is 12.8. The molecule has 156 valence electrons. The van der Waals surface area contributed by atoms with Crippen LogP contribution in [0.15, 0.2) is 53.3 Å². The van der Waals surface area contributed by atoms with E-state index in [4.69, 9.17) is 5.11 Å². The molecule has 2 aromatic carbocycles. The molecule has 0 unspecified atom stereocenters. The number of aliphatic hydroxyl groups is 1. The Morgan fingerprint density at radius 1 is 0.903 bits per heavy atom. The number of H-pyrrole nitrogens is 2. The molecule has 0 radical (unpaired) electrons. The second kappa shape index (κ2) is 8.43. The van der Waals surface area contributed by atoms with E-state index in [-0.39, 0.29) is 12.2 Å². The van der Waals surface area contributed by atoms with Crippen LogP contribution < -0.4 is 5.56 Å². The molecule has 5 nitrogen and oxygen atoms in total. The Hall–Kier alpha value is -3.33. The molecule has 1 saturated heterocycles. The second-order valence-electron chi connectivity index (χ2n) is 8.22. The quantitative estimate of drug-likeness (QED) is 0.446. The average Bonchev–Trinajstić information content (AvgIpc) is 3.21. The minimum atomic E-state index is -0.177. The molecule has 0 saturated carbocycles. The predicted octanol–water partition coefficient (Wildman–Crippen LogP) is 4.01. The SMILES string of the molecule is O=c1[nH]c2ccc(C#CCO)cc2cc1-c1cc2cc(CN3CCCCC3)ccc2[nH]1. The van der Waals surface area contributed by atoms with Crippen LogP contribution in [0.2, 0.25) is 0 Å². The van der Waals surface area contributed by atoms with Crippen molar-refractivity contribution in [2.24, 2.45) is 0 Å². The molecule has 1 fully saturated rings. The molecular formula is C26H25N3O2. The van der Waals surface area contributed by atoms with E-state index < -0.39 is 0 Å². The zero-order valence-electron chi connectivity index (χ0n) is 17.4. The van der Waals surface area contributed by atoms with Crippen molar-refractivity contribution < 1.29 is 5.11 Å². The van der Waals surface area contributed by atoms with Gasteiger partial charge < -0.3 is 15.1 Å². The van der Waals surface area contributed by atoms with Crippen LogP contribution in [0.25, 0.3) is 33.1 Å². The second-order valence-corrected chi connectivity index (χ2v) is 8.22. The van der Waals surface area contributed by atoms with Crippen molar-refractivity contribution in [2.75, 3.05) is 19.7 Å². The van der Waals surface area contributed by atoms with Crippen LogP contribution in [-0.2, 0) is 6.54 Å². The fourth-order valence-corrected chi connectivity index (χ4v) is 4.43. The molecular weight excluding hydrogens is 386 g/mol. The van der Waals surface area contributed by atoms with Crippen molar-refractivity contribution in [3.8, 4) is 23.1 Å². The molecule has 3 N–H and O–H groups in total. The summed E-state index contributed by atoms with van der Waals surface area (Å²) in [6, 6.07) is 16.1. The van der Waals surface area contributed by atoms with Gasteiger partial charge in [0.1, 0.15) is 6.61 Å². The molecule has 4 aromatic rings. The number of aliphatic hydroxyl groups excluding tert-OH is 1. The van der Waals surface area contributed by atoms with Gasteiger partial charge in [-0.1, -0.05) is 24.3 Å². The van der Waals surface area contributed by atoms with E-state index in [2.05, 4.69) is 51.0 Å². The number of rotatable bonds is 3. The van der Waals surface area contributed by atoms with E-state index in [0.29, 0.717) is 5.56 Å². The highest BCUT2D eigenvalue weighted by atomic mass is 16.2. The van der Waals surface area contributed by atoms with Crippen molar-refractivity contribution in [2.45, 2.75) is 25.8 Å². The van der Waals surface area contributed by atoms with Gasteiger partial charge in [-0.15, -0.1) is 0 Å². The summed E-state index contributed by atoms with van der Waals surface area (Å²) in [5.74, 6) is 5.58. The van der Waals surface area contributed by atoms with Gasteiger partial charge in [0.25, 0.3) is 5.56 Å². The highest BCUT2D eigenvalue weighted by Crippen LogP contribution is 2.26. The first kappa shape index (κ1) is 19.6. The molecule has 3 heterocycles. The van der Waals surface area contributed by atoms with E-state index in [1.807, 2.05) is 24.3 Å². The number of pyridine rings is 1. The number of hydrogen-bond acceptors (Lipinski definition) is 3. The van der Waals surface area contributed by atoms with Gasteiger partial charge in [0.15, 0.2) is 0 Å². The Morgan fingerprint density at radius 2 is 1.68 bits per heavy atom. The Bertz CT molecular complexity index is 1360. The smallest absolute Gasteiger partial charge is 0.257 e. The Balaban J connectivity index is 1.50. The van der Waals surface area contributed by atoms with Crippen LogP contribution in [0.4, 0.5) is 0 Å². The maximum Gasteiger partial charge on any atom is 0.257 e.